The van der Waals surface area contributed by atoms with Gasteiger partial charge in [0, 0.05) is 23.5 Å². The number of alkyl halides is 1. The first kappa shape index (κ1) is 10.7. The molecule has 0 aliphatic rings. The highest BCUT2D eigenvalue weighted by Gasteiger charge is 2.04. The van der Waals surface area contributed by atoms with Crippen molar-refractivity contribution in [2.75, 3.05) is 20.0 Å². The number of nitrogens with zero attached hydrogens (tertiary/aromatic N) is 2. The number of hydrogen-bond donors (Lipinski definition) is 0. The second-order valence-corrected chi connectivity index (χ2v) is 4.49. The Morgan fingerprint density at radius 3 is 2.92 bits per heavy atom. The second-order valence-electron chi connectivity index (χ2n) is 3.11. The first-order valence-corrected chi connectivity index (χ1v) is 5.32. The third kappa shape index (κ3) is 3.10. The van der Waals surface area contributed by atoms with Crippen LogP contribution in [0, 0.1) is 0 Å². The monoisotopic (exact) mass is 216 g/mol. The lowest BCUT2D eigenvalue weighted by atomic mass is 10.4. The Morgan fingerprint density at radius 2 is 2.38 bits per heavy atom. The molecule has 0 unspecified atom stereocenters. The molecule has 1 rings (SSSR count). The molecule has 13 heavy (non-hydrogen) atoms. The Kier molecular flexibility index (Phi) is 3.90. The zero-order valence-electron chi connectivity index (χ0n) is 7.88. The molecule has 0 saturated heterocycles. The molecule has 0 fully saturated rings. The van der Waals surface area contributed by atoms with E-state index in [1.54, 1.807) is 11.3 Å². The Hall–Kier alpha value is -0.380. The minimum absolute atomic E-state index is 0.453. The van der Waals surface area contributed by atoms with Crippen LogP contribution in [0.15, 0.2) is 12.8 Å². The first-order chi connectivity index (χ1) is 6.13. The minimum Gasteiger partial charge on any atom is -0.304 e. The molecule has 4 heteroatoms. The largest absolute Gasteiger partial charge is 0.304 e. The molecule has 0 atom stereocenters. The molecule has 72 valence electrons. The minimum atomic E-state index is 0.453. The summed E-state index contributed by atoms with van der Waals surface area (Å²) in [7, 11) is 4.07. The highest BCUT2D eigenvalue weighted by Crippen LogP contribution is 2.21. The summed E-state index contributed by atoms with van der Waals surface area (Å²) in [6.45, 7) is 4.76. The van der Waals surface area contributed by atoms with Crippen LogP contribution in [0.4, 0.5) is 0 Å². The van der Waals surface area contributed by atoms with Gasteiger partial charge in [-0.1, -0.05) is 6.58 Å². The van der Waals surface area contributed by atoms with Gasteiger partial charge in [-0.25, -0.2) is 4.98 Å². The number of allylic oxidation sites excluding steroid dienone is 1. The summed E-state index contributed by atoms with van der Waals surface area (Å²) >= 11 is 7.32. The molecule has 0 spiro atoms. The van der Waals surface area contributed by atoms with E-state index in [4.69, 9.17) is 11.6 Å². The van der Waals surface area contributed by atoms with Gasteiger partial charge in [0.05, 0.1) is 0 Å². The Labute approximate surface area is 87.9 Å². The first-order valence-electron chi connectivity index (χ1n) is 3.97. The lowest BCUT2D eigenvalue weighted by molar-refractivity contribution is 0.406. The van der Waals surface area contributed by atoms with E-state index in [2.05, 4.69) is 16.5 Å². The van der Waals surface area contributed by atoms with E-state index in [1.165, 1.54) is 4.88 Å². The standard InChI is InChI=1S/C9H13ClN2S/c1-7(4-10)9-11-5-8(13-9)6-12(2)3/h5H,1,4,6H2,2-3H3. The van der Waals surface area contributed by atoms with Crippen LogP contribution in [0.3, 0.4) is 0 Å². The van der Waals surface area contributed by atoms with E-state index in [1.807, 2.05) is 20.3 Å². The highest BCUT2D eigenvalue weighted by molar-refractivity contribution is 7.12. The molecular weight excluding hydrogens is 204 g/mol. The molecule has 1 heterocycles. The van der Waals surface area contributed by atoms with Gasteiger partial charge < -0.3 is 4.90 Å². The molecule has 0 aliphatic heterocycles. The smallest absolute Gasteiger partial charge is 0.120 e. The van der Waals surface area contributed by atoms with Crippen LogP contribution < -0.4 is 0 Å². The fourth-order valence-electron chi connectivity index (χ4n) is 0.913. The van der Waals surface area contributed by atoms with Crippen LogP contribution in [-0.4, -0.2) is 29.9 Å². The predicted molar refractivity (Wildman–Crippen MR) is 59.3 cm³/mol. The summed E-state index contributed by atoms with van der Waals surface area (Å²) in [5, 5.41) is 0.951. The van der Waals surface area contributed by atoms with Crippen LogP contribution in [0.5, 0.6) is 0 Å². The van der Waals surface area contributed by atoms with Crippen LogP contribution in [-0.2, 0) is 6.54 Å². The maximum Gasteiger partial charge on any atom is 0.120 e. The van der Waals surface area contributed by atoms with Crippen molar-refractivity contribution in [3.05, 3.63) is 22.7 Å². The highest BCUT2D eigenvalue weighted by atomic mass is 35.5. The number of hydrogen-bond acceptors (Lipinski definition) is 3. The molecule has 0 aliphatic carbocycles. The third-order valence-corrected chi connectivity index (χ3v) is 2.90. The Morgan fingerprint density at radius 1 is 1.69 bits per heavy atom. The van der Waals surface area contributed by atoms with Gasteiger partial charge in [-0.3, -0.25) is 0 Å². The average molecular weight is 217 g/mol. The maximum absolute atomic E-state index is 5.66. The molecular formula is C9H13ClN2S. The van der Waals surface area contributed by atoms with Gasteiger partial charge in [0.15, 0.2) is 0 Å². The molecule has 0 aromatic carbocycles. The molecule has 0 radical (unpaired) electrons. The molecule has 0 N–H and O–H groups in total. The summed E-state index contributed by atoms with van der Waals surface area (Å²) in [6.07, 6.45) is 1.89. The summed E-state index contributed by atoms with van der Waals surface area (Å²) in [6, 6.07) is 0. The van der Waals surface area contributed by atoms with Crippen LogP contribution in [0.2, 0.25) is 0 Å². The van der Waals surface area contributed by atoms with E-state index >= 15 is 0 Å². The average Bonchev–Trinajstić information content (AvgIpc) is 2.50. The van der Waals surface area contributed by atoms with E-state index in [-0.39, 0.29) is 0 Å². The van der Waals surface area contributed by atoms with Gasteiger partial charge in [0.25, 0.3) is 0 Å². The summed E-state index contributed by atoms with van der Waals surface area (Å²) in [5.41, 5.74) is 0.900. The van der Waals surface area contributed by atoms with Crippen molar-refractivity contribution in [2.45, 2.75) is 6.54 Å². The fourth-order valence-corrected chi connectivity index (χ4v) is 2.12. The number of halogens is 1. The van der Waals surface area contributed by atoms with Crippen molar-refractivity contribution in [3.63, 3.8) is 0 Å². The van der Waals surface area contributed by atoms with Crippen LogP contribution in [0.1, 0.15) is 9.88 Å². The Bertz CT molecular complexity index is 294. The molecule has 1 aromatic heterocycles. The van der Waals surface area contributed by atoms with Crippen molar-refractivity contribution in [1.29, 1.82) is 0 Å². The van der Waals surface area contributed by atoms with Gasteiger partial charge in [0.1, 0.15) is 5.01 Å². The summed E-state index contributed by atoms with van der Waals surface area (Å²) in [4.78, 5) is 7.60. The van der Waals surface area contributed by atoms with Gasteiger partial charge in [-0.15, -0.1) is 22.9 Å². The van der Waals surface area contributed by atoms with Gasteiger partial charge >= 0.3 is 0 Å². The lowest BCUT2D eigenvalue weighted by Crippen LogP contribution is -2.09. The van der Waals surface area contributed by atoms with Crippen LogP contribution in [0.25, 0.3) is 5.57 Å². The molecule has 0 bridgehead atoms. The summed E-state index contributed by atoms with van der Waals surface area (Å²) in [5.74, 6) is 0.453. The third-order valence-electron chi connectivity index (χ3n) is 1.49. The normalized spacial score (nSPS) is 10.8. The number of thiazole rings is 1. The number of rotatable bonds is 4. The fraction of sp³-hybridized carbons (Fsp3) is 0.444. The van der Waals surface area contributed by atoms with Crippen LogP contribution >= 0.6 is 22.9 Å². The van der Waals surface area contributed by atoms with Crippen molar-refractivity contribution in [1.82, 2.24) is 9.88 Å². The van der Waals surface area contributed by atoms with E-state index in [0.29, 0.717) is 5.88 Å². The van der Waals surface area contributed by atoms with E-state index in [0.717, 1.165) is 17.1 Å². The molecule has 0 amide bonds. The Balaban J connectivity index is 2.69. The summed E-state index contributed by atoms with van der Waals surface area (Å²) < 4.78 is 0. The van der Waals surface area contributed by atoms with Gasteiger partial charge in [-0.05, 0) is 19.7 Å². The molecule has 1 aromatic rings. The van der Waals surface area contributed by atoms with E-state index in [9.17, 15) is 0 Å². The second kappa shape index (κ2) is 4.74. The van der Waals surface area contributed by atoms with Crippen molar-refractivity contribution in [2.24, 2.45) is 0 Å². The van der Waals surface area contributed by atoms with Crippen molar-refractivity contribution >= 4 is 28.5 Å². The predicted octanol–water partition coefficient (Wildman–Crippen LogP) is 2.46. The van der Waals surface area contributed by atoms with E-state index < -0.39 is 0 Å². The van der Waals surface area contributed by atoms with Gasteiger partial charge in [0.2, 0.25) is 0 Å². The quantitative estimate of drug-likeness (QED) is 0.719. The van der Waals surface area contributed by atoms with Crippen molar-refractivity contribution in [3.8, 4) is 0 Å². The maximum atomic E-state index is 5.66. The topological polar surface area (TPSA) is 16.1 Å². The SMILES string of the molecule is C=C(CCl)c1ncc(CN(C)C)s1. The van der Waals surface area contributed by atoms with Crippen molar-refractivity contribution < 1.29 is 0 Å². The molecule has 0 saturated carbocycles. The zero-order chi connectivity index (χ0) is 9.84. The molecule has 2 nitrogen and oxygen atoms in total. The van der Waals surface area contributed by atoms with Gasteiger partial charge in [-0.2, -0.15) is 0 Å². The lowest BCUT2D eigenvalue weighted by Gasteiger charge is -2.05. The zero-order valence-corrected chi connectivity index (χ0v) is 9.45. The number of aromatic nitrogens is 1.